The van der Waals surface area contributed by atoms with Gasteiger partial charge < -0.3 is 24.8 Å². The predicted octanol–water partition coefficient (Wildman–Crippen LogP) is 6.56. The fraction of sp³-hybridized carbons (Fsp3) is 0.460. The maximum absolute atomic E-state index is 2.87. The van der Waals surface area contributed by atoms with Crippen molar-refractivity contribution in [1.29, 1.82) is 0 Å². The molecule has 1 unspecified atom stereocenters. The molecule has 4 fully saturated rings. The maximum atomic E-state index is 2.87. The van der Waals surface area contributed by atoms with Gasteiger partial charge in [0.1, 0.15) is 0 Å². The van der Waals surface area contributed by atoms with Gasteiger partial charge in [0.05, 0.1) is 0 Å². The van der Waals surface area contributed by atoms with Crippen LogP contribution >= 0.6 is 0 Å². The van der Waals surface area contributed by atoms with E-state index in [1.54, 1.807) is 20.0 Å². The first-order chi connectivity index (χ1) is 24.2. The largest absolute Gasteiger partial charge is 1.00 e. The zero-order valence-corrected chi connectivity index (χ0v) is 37.3. The topological polar surface area (TPSA) is 0 Å². The molecule has 0 aliphatic heterocycles. The van der Waals surface area contributed by atoms with Crippen LogP contribution in [0.1, 0.15) is 128 Å². The van der Waals surface area contributed by atoms with Crippen molar-refractivity contribution >= 4 is 17.8 Å². The van der Waals surface area contributed by atoms with E-state index in [1.165, 1.54) is 89.1 Å². The smallest absolute Gasteiger partial charge is 1.00 e. The quantitative estimate of drug-likeness (QED) is 0.189. The third kappa shape index (κ3) is 7.02. The second-order valence-electron chi connectivity index (χ2n) is 19.8. The Morgan fingerprint density at radius 1 is 0.736 bits per heavy atom. The molecule has 1 atom stereocenters. The van der Waals surface area contributed by atoms with Crippen molar-refractivity contribution in [2.75, 3.05) is 0 Å². The van der Waals surface area contributed by atoms with Crippen molar-refractivity contribution < 1.29 is 46.1 Å². The molecule has 0 radical (unpaired) electrons. The van der Waals surface area contributed by atoms with Crippen LogP contribution in [0.5, 0.6) is 0 Å². The molecule has 0 saturated heterocycles. The summed E-state index contributed by atoms with van der Waals surface area (Å²) in [7, 11) is 0. The minimum Gasteiger partial charge on any atom is -1.00 e. The van der Waals surface area contributed by atoms with Crippen molar-refractivity contribution in [3.05, 3.63) is 121 Å². The summed E-state index contributed by atoms with van der Waals surface area (Å²) in [6.45, 7) is 19.5. The maximum Gasteiger partial charge on any atom is -1.00 e. The van der Waals surface area contributed by atoms with Gasteiger partial charge in [0.15, 0.2) is 0 Å². The van der Waals surface area contributed by atoms with Crippen molar-refractivity contribution in [1.82, 2.24) is 0 Å². The van der Waals surface area contributed by atoms with E-state index in [1.807, 2.05) is 3.28 Å². The molecule has 53 heavy (non-hydrogen) atoms. The number of benzene rings is 4. The van der Waals surface area contributed by atoms with Crippen LogP contribution in [-0.4, -0.2) is 3.71 Å². The van der Waals surface area contributed by atoms with Crippen molar-refractivity contribution in [3.8, 4) is 11.1 Å². The second kappa shape index (κ2) is 14.2. The molecule has 4 aromatic rings. The Bertz CT molecular complexity index is 2140. The first-order valence-electron chi connectivity index (χ1n) is 20.2. The summed E-state index contributed by atoms with van der Waals surface area (Å²) in [6.07, 6.45) is 14.2. The summed E-state index contributed by atoms with van der Waals surface area (Å²) < 4.78 is 6.43. The number of fused-ring (bicyclic) bond motifs is 4. The molecule has 6 aliphatic carbocycles. The van der Waals surface area contributed by atoms with Crippen LogP contribution in [0.2, 0.25) is 0 Å². The van der Waals surface area contributed by atoms with E-state index in [4.69, 9.17) is 0 Å². The molecule has 0 aromatic heterocycles. The second-order valence-corrected chi connectivity index (χ2v) is 25.2. The molecule has 3 heteroatoms. The average molecular weight is 821 g/mol. The van der Waals surface area contributed by atoms with Gasteiger partial charge in [-0.3, -0.25) is 0 Å². The van der Waals surface area contributed by atoms with Crippen LogP contribution < -0.4 is 28.1 Å². The third-order valence-corrected chi connectivity index (χ3v) is 21.4. The van der Waals surface area contributed by atoms with E-state index in [0.29, 0.717) is 11.3 Å². The summed E-state index contributed by atoms with van der Waals surface area (Å²) in [6, 6.07) is 28.8. The van der Waals surface area contributed by atoms with Crippen LogP contribution in [-0.2, 0) is 38.5 Å². The molecule has 0 amide bonds. The fourth-order valence-electron chi connectivity index (χ4n) is 11.8. The normalized spacial score (nSPS) is 25.6. The van der Waals surface area contributed by atoms with Crippen LogP contribution in [0, 0.1) is 29.1 Å². The van der Waals surface area contributed by atoms with E-state index in [0.717, 1.165) is 24.2 Å². The zero-order valence-electron chi connectivity index (χ0n) is 33.3. The summed E-state index contributed by atoms with van der Waals surface area (Å²) >= 11 is -2.70. The Hall–Kier alpha value is -2.05. The van der Waals surface area contributed by atoms with Gasteiger partial charge in [-0.2, -0.15) is 0 Å². The van der Waals surface area contributed by atoms with Gasteiger partial charge in [-0.25, -0.2) is 0 Å². The predicted molar refractivity (Wildman–Crippen MR) is 216 cm³/mol. The van der Waals surface area contributed by atoms with Crippen LogP contribution in [0.25, 0.3) is 21.9 Å². The molecule has 10 rings (SSSR count). The number of allylic oxidation sites excluding steroid dienone is 4. The standard InChI is InChI=1S/C21H25.C18H25.C11H8.2ClH.Zr/c1-20(2,3)16-9-7-14-11-15-8-10-17(21(4,5)6)13-19(15)18(14)12-16;1-12-3-13(2)17(4-12)11-18-8-14-5-15(9-18)7-16(6-14)10-18;1-9-5-4-7-10-6-2-3-8-11(9)10;;;/h7,9-10,12-13H,11H2,1-6H3;4,12,14-16H,5-11H2,1-2H3;1-8H;2*1H;/q;;;;;+2/p-2. The molecule has 276 valence electrons. The van der Waals surface area contributed by atoms with Crippen molar-refractivity contribution in [2.45, 2.75) is 118 Å². The number of rotatable bonds is 5. The SMILES string of the molecule is CC1=[C](/[Zr+2](=[CH]/c2cccc3ccccc23)[c]2cc(C(C)(C)C)cc3c2Cc2ccc(C(C)(C)C)cc2-3)C(C)C=C1CC12CC3CC(CC(C3)C1)C2.[Cl-].[Cl-]. The molecule has 0 heterocycles. The van der Waals surface area contributed by atoms with Gasteiger partial charge >= 0.3 is 318 Å². The van der Waals surface area contributed by atoms with E-state index in [9.17, 15) is 0 Å². The summed E-state index contributed by atoms with van der Waals surface area (Å²) in [5.74, 6) is 3.54. The summed E-state index contributed by atoms with van der Waals surface area (Å²) in [5, 5.41) is 2.76. The molecule has 4 aromatic carbocycles. The van der Waals surface area contributed by atoms with E-state index < -0.39 is 21.3 Å². The van der Waals surface area contributed by atoms with Gasteiger partial charge in [0, 0.05) is 0 Å². The first kappa shape index (κ1) is 39.2. The number of hydrogen-bond donors (Lipinski definition) is 0. The van der Waals surface area contributed by atoms with E-state index >= 15 is 0 Å². The Kier molecular flexibility index (Phi) is 10.5. The molecule has 0 N–H and O–H groups in total. The summed E-state index contributed by atoms with van der Waals surface area (Å²) in [4.78, 5) is 0. The zero-order chi connectivity index (χ0) is 35.4. The summed E-state index contributed by atoms with van der Waals surface area (Å²) in [5.41, 5.74) is 14.7. The molecule has 4 bridgehead atoms. The molecule has 0 nitrogen and oxygen atoms in total. The molecular formula is C50H58Cl2Zr. The van der Waals surface area contributed by atoms with Crippen LogP contribution in [0.15, 0.2) is 93.3 Å². The minimum absolute atomic E-state index is 0. The van der Waals surface area contributed by atoms with Crippen LogP contribution in [0.3, 0.4) is 0 Å². The molecule has 6 aliphatic rings. The van der Waals surface area contributed by atoms with Crippen LogP contribution in [0.4, 0.5) is 0 Å². The fourth-order valence-corrected chi connectivity index (χ4v) is 19.6. The van der Waals surface area contributed by atoms with Gasteiger partial charge in [-0.15, -0.1) is 0 Å². The third-order valence-electron chi connectivity index (χ3n) is 14.0. The molecule has 4 saturated carbocycles. The van der Waals surface area contributed by atoms with Gasteiger partial charge in [-0.1, -0.05) is 0 Å². The van der Waals surface area contributed by atoms with E-state index in [-0.39, 0.29) is 35.6 Å². The van der Waals surface area contributed by atoms with Gasteiger partial charge in [0.25, 0.3) is 0 Å². The number of hydrogen-bond acceptors (Lipinski definition) is 0. The Morgan fingerprint density at radius 2 is 1.36 bits per heavy atom. The molecular weight excluding hydrogens is 763 g/mol. The first-order valence-corrected chi connectivity index (χ1v) is 24.1. The van der Waals surface area contributed by atoms with E-state index in [2.05, 4.69) is 138 Å². The average Bonchev–Trinajstić information content (AvgIpc) is 3.56. The minimum atomic E-state index is -2.70. The van der Waals surface area contributed by atoms with Crippen molar-refractivity contribution in [3.63, 3.8) is 0 Å². The monoisotopic (exact) mass is 818 g/mol. The Morgan fingerprint density at radius 3 is 2.02 bits per heavy atom. The van der Waals surface area contributed by atoms with Gasteiger partial charge in [-0.05, 0) is 0 Å². The van der Waals surface area contributed by atoms with Crippen molar-refractivity contribution in [2.24, 2.45) is 29.1 Å². The molecule has 0 spiro atoms. The Balaban J connectivity index is 0.00000218. The Labute approximate surface area is 340 Å². The van der Waals surface area contributed by atoms with Gasteiger partial charge in [0.2, 0.25) is 0 Å². The number of halogens is 2.